The van der Waals surface area contributed by atoms with E-state index in [2.05, 4.69) is 10.3 Å². The molecule has 2 aliphatic rings. The summed E-state index contributed by atoms with van der Waals surface area (Å²) in [6.07, 6.45) is 6.55. The lowest BCUT2D eigenvalue weighted by molar-refractivity contribution is -0.141. The number of rotatable bonds is 5. The molecule has 3 rings (SSSR count). The SMILES string of the molecule is Cc1nc(NC(=O)CCC(=O)N2CCCC(C(=O)N3CCCCCC3)C2)sc1C. The van der Waals surface area contributed by atoms with E-state index >= 15 is 0 Å². The van der Waals surface area contributed by atoms with Gasteiger partial charge in [-0.05, 0) is 39.5 Å². The molecular formula is C21H32N4O3S. The van der Waals surface area contributed by atoms with Crippen LogP contribution >= 0.6 is 11.3 Å². The summed E-state index contributed by atoms with van der Waals surface area (Å²) in [6, 6.07) is 0. The maximum absolute atomic E-state index is 12.9. The second-order valence-electron chi connectivity index (χ2n) is 8.13. The summed E-state index contributed by atoms with van der Waals surface area (Å²) < 4.78 is 0. The van der Waals surface area contributed by atoms with Crippen molar-refractivity contribution in [2.24, 2.45) is 5.92 Å². The van der Waals surface area contributed by atoms with Crippen LogP contribution in [0, 0.1) is 19.8 Å². The normalized spacial score (nSPS) is 20.3. The molecule has 7 nitrogen and oxygen atoms in total. The van der Waals surface area contributed by atoms with Crippen LogP contribution < -0.4 is 5.32 Å². The number of hydrogen-bond acceptors (Lipinski definition) is 5. The molecule has 2 saturated heterocycles. The van der Waals surface area contributed by atoms with Crippen molar-refractivity contribution >= 4 is 34.2 Å². The summed E-state index contributed by atoms with van der Waals surface area (Å²) >= 11 is 1.44. The molecule has 0 spiro atoms. The number of aryl methyl sites for hydroxylation is 2. The van der Waals surface area contributed by atoms with Gasteiger partial charge in [0, 0.05) is 43.9 Å². The van der Waals surface area contributed by atoms with Crippen molar-refractivity contribution in [2.75, 3.05) is 31.5 Å². The molecule has 3 heterocycles. The third kappa shape index (κ3) is 6.01. The molecule has 1 unspecified atom stereocenters. The summed E-state index contributed by atoms with van der Waals surface area (Å²) in [5.41, 5.74) is 0.912. The van der Waals surface area contributed by atoms with Crippen molar-refractivity contribution in [1.82, 2.24) is 14.8 Å². The van der Waals surface area contributed by atoms with Crippen molar-refractivity contribution in [1.29, 1.82) is 0 Å². The zero-order valence-corrected chi connectivity index (χ0v) is 18.4. The monoisotopic (exact) mass is 420 g/mol. The molecule has 0 aromatic carbocycles. The number of nitrogens with zero attached hydrogens (tertiary/aromatic N) is 3. The first-order valence-electron chi connectivity index (χ1n) is 10.7. The van der Waals surface area contributed by atoms with E-state index in [0.717, 1.165) is 49.3 Å². The van der Waals surface area contributed by atoms with Crippen molar-refractivity contribution in [3.63, 3.8) is 0 Å². The second-order valence-corrected chi connectivity index (χ2v) is 9.33. The highest BCUT2D eigenvalue weighted by atomic mass is 32.1. The molecule has 8 heteroatoms. The number of thiazole rings is 1. The third-order valence-electron chi connectivity index (χ3n) is 5.88. The number of nitrogens with one attached hydrogen (secondary N) is 1. The van der Waals surface area contributed by atoms with Gasteiger partial charge in [-0.1, -0.05) is 12.8 Å². The zero-order chi connectivity index (χ0) is 20.8. The smallest absolute Gasteiger partial charge is 0.227 e. The van der Waals surface area contributed by atoms with Crippen LogP contribution in [0.2, 0.25) is 0 Å². The molecule has 3 amide bonds. The van der Waals surface area contributed by atoms with Crippen LogP contribution in [0.15, 0.2) is 0 Å². The lowest BCUT2D eigenvalue weighted by Gasteiger charge is -2.34. The molecule has 1 atom stereocenters. The summed E-state index contributed by atoms with van der Waals surface area (Å²) in [5, 5.41) is 3.36. The number of likely N-dealkylation sites (tertiary alicyclic amines) is 2. The van der Waals surface area contributed by atoms with Crippen LogP contribution in [0.4, 0.5) is 5.13 Å². The Hall–Kier alpha value is -1.96. The lowest BCUT2D eigenvalue weighted by atomic mass is 9.96. The molecule has 0 radical (unpaired) electrons. The largest absolute Gasteiger partial charge is 0.342 e. The highest BCUT2D eigenvalue weighted by Crippen LogP contribution is 2.23. The fourth-order valence-electron chi connectivity index (χ4n) is 4.04. The van der Waals surface area contributed by atoms with E-state index in [9.17, 15) is 14.4 Å². The first kappa shape index (κ1) is 21.7. The van der Waals surface area contributed by atoms with Gasteiger partial charge in [0.25, 0.3) is 0 Å². The first-order valence-corrected chi connectivity index (χ1v) is 11.6. The Morgan fingerprint density at radius 2 is 1.69 bits per heavy atom. The number of aromatic nitrogens is 1. The van der Waals surface area contributed by atoms with Gasteiger partial charge in [0.15, 0.2) is 5.13 Å². The minimum atomic E-state index is -0.193. The molecule has 0 bridgehead atoms. The predicted molar refractivity (Wildman–Crippen MR) is 114 cm³/mol. The van der Waals surface area contributed by atoms with Gasteiger partial charge in [0.1, 0.15) is 0 Å². The minimum Gasteiger partial charge on any atom is -0.342 e. The summed E-state index contributed by atoms with van der Waals surface area (Å²) in [5.74, 6) is -0.126. The molecular weight excluding hydrogens is 388 g/mol. The van der Waals surface area contributed by atoms with E-state index in [4.69, 9.17) is 0 Å². The van der Waals surface area contributed by atoms with E-state index in [1.807, 2.05) is 18.7 Å². The maximum Gasteiger partial charge on any atom is 0.227 e. The zero-order valence-electron chi connectivity index (χ0n) is 17.5. The van der Waals surface area contributed by atoms with Gasteiger partial charge >= 0.3 is 0 Å². The molecule has 0 saturated carbocycles. The van der Waals surface area contributed by atoms with Gasteiger partial charge in [-0.25, -0.2) is 4.98 Å². The number of anilines is 1. The average molecular weight is 421 g/mol. The fourth-order valence-corrected chi connectivity index (χ4v) is 4.87. The first-order chi connectivity index (χ1) is 13.9. The van der Waals surface area contributed by atoms with Crippen LogP contribution in [-0.4, -0.2) is 58.7 Å². The third-order valence-corrected chi connectivity index (χ3v) is 6.87. The highest BCUT2D eigenvalue weighted by molar-refractivity contribution is 7.15. The van der Waals surface area contributed by atoms with Gasteiger partial charge in [0.2, 0.25) is 17.7 Å². The van der Waals surface area contributed by atoms with Gasteiger partial charge in [-0.3, -0.25) is 14.4 Å². The minimum absolute atomic E-state index is 0.0417. The average Bonchev–Trinajstić information content (AvgIpc) is 2.91. The maximum atomic E-state index is 12.9. The van der Waals surface area contributed by atoms with Crippen molar-refractivity contribution in [2.45, 2.75) is 65.2 Å². The van der Waals surface area contributed by atoms with Crippen LogP contribution in [-0.2, 0) is 14.4 Å². The number of amides is 3. The second kappa shape index (κ2) is 10.2. The molecule has 0 aliphatic carbocycles. The molecule has 1 N–H and O–H groups in total. The number of hydrogen-bond donors (Lipinski definition) is 1. The van der Waals surface area contributed by atoms with Crippen LogP contribution in [0.3, 0.4) is 0 Å². The Balaban J connectivity index is 1.46. The van der Waals surface area contributed by atoms with E-state index in [1.54, 1.807) is 4.90 Å². The summed E-state index contributed by atoms with van der Waals surface area (Å²) in [6.45, 7) is 6.73. The Labute approximate surface area is 176 Å². The molecule has 1 aromatic heterocycles. The van der Waals surface area contributed by atoms with Crippen molar-refractivity contribution in [3.8, 4) is 0 Å². The summed E-state index contributed by atoms with van der Waals surface area (Å²) in [7, 11) is 0. The molecule has 1 aromatic rings. The molecule has 2 fully saturated rings. The lowest BCUT2D eigenvalue weighted by Crippen LogP contribution is -2.47. The fraction of sp³-hybridized carbons (Fsp3) is 0.714. The summed E-state index contributed by atoms with van der Waals surface area (Å²) in [4.78, 5) is 46.8. The predicted octanol–water partition coefficient (Wildman–Crippen LogP) is 3.12. The van der Waals surface area contributed by atoms with Crippen LogP contribution in [0.5, 0.6) is 0 Å². The van der Waals surface area contributed by atoms with Gasteiger partial charge in [-0.2, -0.15) is 0 Å². The Bertz CT molecular complexity index is 721. The van der Waals surface area contributed by atoms with E-state index in [-0.39, 0.29) is 36.5 Å². The van der Waals surface area contributed by atoms with E-state index in [1.165, 1.54) is 24.2 Å². The standard InChI is InChI=1S/C21H32N4O3S/c1-15-16(2)29-21(22-15)23-18(26)9-10-19(27)25-13-7-8-17(14-25)20(28)24-11-5-3-4-6-12-24/h17H,3-14H2,1-2H3,(H,22,23,26). The van der Waals surface area contributed by atoms with Crippen molar-refractivity contribution < 1.29 is 14.4 Å². The topological polar surface area (TPSA) is 82.6 Å². The number of carbonyl (C=O) groups excluding carboxylic acids is 3. The molecule has 2 aliphatic heterocycles. The number of carbonyl (C=O) groups is 3. The Kier molecular flexibility index (Phi) is 7.64. The van der Waals surface area contributed by atoms with Crippen molar-refractivity contribution in [3.05, 3.63) is 10.6 Å². The van der Waals surface area contributed by atoms with Gasteiger partial charge < -0.3 is 15.1 Å². The number of piperidine rings is 1. The van der Waals surface area contributed by atoms with Crippen LogP contribution in [0.25, 0.3) is 0 Å². The molecule has 160 valence electrons. The highest BCUT2D eigenvalue weighted by Gasteiger charge is 2.31. The van der Waals surface area contributed by atoms with Gasteiger partial charge in [0.05, 0.1) is 11.6 Å². The van der Waals surface area contributed by atoms with E-state index < -0.39 is 0 Å². The van der Waals surface area contributed by atoms with Gasteiger partial charge in [-0.15, -0.1) is 11.3 Å². The Morgan fingerprint density at radius 1 is 1.00 bits per heavy atom. The van der Waals surface area contributed by atoms with E-state index in [0.29, 0.717) is 18.2 Å². The Morgan fingerprint density at radius 3 is 2.34 bits per heavy atom. The molecule has 29 heavy (non-hydrogen) atoms. The quantitative estimate of drug-likeness (QED) is 0.793. The van der Waals surface area contributed by atoms with Crippen LogP contribution in [0.1, 0.15) is 61.9 Å².